The second-order valence-electron chi connectivity index (χ2n) is 9.55. The minimum Gasteiger partial charge on any atom is -0.262 e. The van der Waals surface area contributed by atoms with E-state index in [0.717, 1.165) is 11.1 Å². The molecule has 0 aliphatic heterocycles. The van der Waals surface area contributed by atoms with Crippen molar-refractivity contribution in [1.82, 2.24) is 15.0 Å². The van der Waals surface area contributed by atoms with Gasteiger partial charge < -0.3 is 0 Å². The van der Waals surface area contributed by atoms with Crippen LogP contribution in [0, 0.1) is 20.1 Å². The fourth-order valence-corrected chi connectivity index (χ4v) is 3.81. The summed E-state index contributed by atoms with van der Waals surface area (Å²) in [6, 6.07) is 18.7. The quantitative estimate of drug-likeness (QED) is 0.299. The van der Waals surface area contributed by atoms with Crippen LogP contribution in [0.25, 0.3) is 0 Å². The van der Waals surface area contributed by atoms with Crippen molar-refractivity contribution in [3.8, 4) is 0 Å². The Morgan fingerprint density at radius 3 is 1.55 bits per heavy atom. The lowest BCUT2D eigenvalue weighted by molar-refractivity contribution is 0.0754. The van der Waals surface area contributed by atoms with Gasteiger partial charge in [0.2, 0.25) is 0 Å². The van der Waals surface area contributed by atoms with Crippen LogP contribution < -0.4 is 0 Å². The lowest BCUT2D eigenvalue weighted by atomic mass is 9.95. The Morgan fingerprint density at radius 2 is 1.15 bits per heavy atom. The number of nitroso groups, excluding NO2 is 3. The molecule has 33 heavy (non-hydrogen) atoms. The van der Waals surface area contributed by atoms with Crippen LogP contribution in [-0.4, -0.2) is 53.8 Å². The van der Waals surface area contributed by atoms with Crippen LogP contribution in [0.3, 0.4) is 0 Å². The number of hydrogen-bond acceptors (Lipinski definition) is 6. The molecule has 0 aliphatic rings. The number of rotatable bonds is 14. The van der Waals surface area contributed by atoms with Crippen LogP contribution in [0.4, 0.5) is 0 Å². The Morgan fingerprint density at radius 1 is 0.697 bits per heavy atom. The van der Waals surface area contributed by atoms with Gasteiger partial charge in [-0.1, -0.05) is 81.4 Å². The molecule has 2 aromatic rings. The minimum atomic E-state index is -0.408. The van der Waals surface area contributed by atoms with Gasteiger partial charge in [-0.15, -0.1) is 14.7 Å². The highest BCUT2D eigenvalue weighted by Gasteiger charge is 2.30. The summed E-state index contributed by atoms with van der Waals surface area (Å²) in [5, 5.41) is 13.8. The summed E-state index contributed by atoms with van der Waals surface area (Å²) >= 11 is 0. The molecule has 9 nitrogen and oxygen atoms in total. The second-order valence-corrected chi connectivity index (χ2v) is 9.55. The lowest BCUT2D eigenvalue weighted by Gasteiger charge is -2.36. The Hall–Kier alpha value is -3.36. The van der Waals surface area contributed by atoms with Crippen LogP contribution in [-0.2, 0) is 12.8 Å². The molecule has 0 aromatic heterocycles. The van der Waals surface area contributed by atoms with Gasteiger partial charge in [0.1, 0.15) is 0 Å². The average Bonchev–Trinajstić information content (AvgIpc) is 2.80. The van der Waals surface area contributed by atoms with Crippen LogP contribution >= 0.6 is 0 Å². The van der Waals surface area contributed by atoms with Crippen molar-refractivity contribution in [2.24, 2.45) is 21.3 Å². The normalized spacial score (nSPS) is 13.0. The molecule has 0 fully saturated rings. The monoisotopic (exact) mass is 454 g/mol. The molecule has 0 bridgehead atoms. The van der Waals surface area contributed by atoms with Gasteiger partial charge in [-0.05, 0) is 29.4 Å². The van der Waals surface area contributed by atoms with Gasteiger partial charge in [-0.3, -0.25) is 15.0 Å². The molecule has 0 radical (unpaired) electrons. The molecule has 9 heteroatoms. The molecular formula is C24H34N6O3. The van der Waals surface area contributed by atoms with Crippen molar-refractivity contribution in [3.05, 3.63) is 86.5 Å². The standard InChI is InChI=1S/C24H34N6O3/c1-24(2,3)19-30(27-33)23(16-21-13-9-6-10-14-21)18-29(26-32)22(17-28(4)25-31)15-20-11-7-5-8-12-20/h5-14,22-23H,15-19H2,1-4H3/t22-,23-/m0/s1. The number of likely N-dealkylation sites (N-methyl/N-ethyl adjacent to an activating group) is 1. The molecule has 178 valence electrons. The Labute approximate surface area is 195 Å². The van der Waals surface area contributed by atoms with Gasteiger partial charge in [0.05, 0.1) is 41.0 Å². The summed E-state index contributed by atoms with van der Waals surface area (Å²) in [6.07, 6.45) is 1.02. The van der Waals surface area contributed by atoms with Crippen LogP contribution in [0.1, 0.15) is 31.9 Å². The first-order valence-corrected chi connectivity index (χ1v) is 11.1. The molecule has 2 atom stereocenters. The topological polar surface area (TPSA) is 98.0 Å². The Kier molecular flexibility index (Phi) is 9.90. The van der Waals surface area contributed by atoms with E-state index >= 15 is 0 Å². The van der Waals surface area contributed by atoms with Crippen LogP contribution in [0.15, 0.2) is 76.5 Å². The smallest absolute Gasteiger partial charge is 0.0736 e. The summed E-state index contributed by atoms with van der Waals surface area (Å²) in [7, 11) is 1.56. The van der Waals surface area contributed by atoms with E-state index in [-0.39, 0.29) is 24.5 Å². The van der Waals surface area contributed by atoms with Crippen molar-refractivity contribution in [2.75, 3.05) is 26.7 Å². The van der Waals surface area contributed by atoms with Gasteiger partial charge in [0.15, 0.2) is 0 Å². The van der Waals surface area contributed by atoms with E-state index in [1.807, 2.05) is 81.4 Å². The van der Waals surface area contributed by atoms with E-state index in [0.29, 0.717) is 19.4 Å². The highest BCUT2D eigenvalue weighted by Crippen LogP contribution is 2.21. The first-order chi connectivity index (χ1) is 15.8. The zero-order valence-corrected chi connectivity index (χ0v) is 19.9. The van der Waals surface area contributed by atoms with E-state index in [9.17, 15) is 14.7 Å². The third-order valence-corrected chi connectivity index (χ3v) is 5.33. The molecule has 0 unspecified atom stereocenters. The summed E-state index contributed by atoms with van der Waals surface area (Å²) in [5.74, 6) is 0. The summed E-state index contributed by atoms with van der Waals surface area (Å²) < 4.78 is 0. The van der Waals surface area contributed by atoms with Crippen molar-refractivity contribution in [2.45, 2.75) is 45.7 Å². The third-order valence-electron chi connectivity index (χ3n) is 5.33. The Bertz CT molecular complexity index is 860. The molecule has 0 spiro atoms. The maximum absolute atomic E-state index is 12.0. The fourth-order valence-electron chi connectivity index (χ4n) is 3.81. The Balaban J connectivity index is 2.32. The average molecular weight is 455 g/mol. The molecule has 2 rings (SSSR count). The molecule has 0 amide bonds. The molecule has 0 N–H and O–H groups in total. The maximum atomic E-state index is 12.0. The number of hydrogen-bond donors (Lipinski definition) is 0. The van der Waals surface area contributed by atoms with E-state index in [1.54, 1.807) is 7.05 Å². The molecule has 0 saturated heterocycles. The van der Waals surface area contributed by atoms with Crippen molar-refractivity contribution in [3.63, 3.8) is 0 Å². The van der Waals surface area contributed by atoms with Crippen LogP contribution in [0.5, 0.6) is 0 Å². The first kappa shape index (κ1) is 25.9. The van der Waals surface area contributed by atoms with Gasteiger partial charge in [0, 0.05) is 13.6 Å². The molecule has 2 aromatic carbocycles. The van der Waals surface area contributed by atoms with Gasteiger partial charge in [-0.2, -0.15) is 0 Å². The van der Waals surface area contributed by atoms with Gasteiger partial charge in [-0.25, -0.2) is 0 Å². The van der Waals surface area contributed by atoms with Gasteiger partial charge >= 0.3 is 0 Å². The van der Waals surface area contributed by atoms with E-state index in [1.165, 1.54) is 15.0 Å². The van der Waals surface area contributed by atoms with Crippen molar-refractivity contribution < 1.29 is 0 Å². The van der Waals surface area contributed by atoms with Gasteiger partial charge in [0.25, 0.3) is 0 Å². The summed E-state index contributed by atoms with van der Waals surface area (Å²) in [6.45, 7) is 6.93. The summed E-state index contributed by atoms with van der Waals surface area (Å²) in [4.78, 5) is 34.9. The van der Waals surface area contributed by atoms with E-state index < -0.39 is 6.04 Å². The fraction of sp³-hybridized carbons (Fsp3) is 0.500. The predicted molar refractivity (Wildman–Crippen MR) is 131 cm³/mol. The van der Waals surface area contributed by atoms with E-state index in [4.69, 9.17) is 0 Å². The SMILES string of the molecule is CN(C[C@H](Cc1ccccc1)N(C[C@H](Cc1ccccc1)N(CC(C)(C)C)N=O)N=O)N=O. The van der Waals surface area contributed by atoms with Crippen LogP contribution in [0.2, 0.25) is 0 Å². The largest absolute Gasteiger partial charge is 0.262 e. The second kappa shape index (κ2) is 12.6. The minimum absolute atomic E-state index is 0.173. The zero-order valence-electron chi connectivity index (χ0n) is 19.9. The number of nitrogens with zero attached hydrogens (tertiary/aromatic N) is 6. The van der Waals surface area contributed by atoms with E-state index in [2.05, 4.69) is 15.9 Å². The van der Waals surface area contributed by atoms with Crippen molar-refractivity contribution >= 4 is 0 Å². The molecule has 0 aliphatic carbocycles. The maximum Gasteiger partial charge on any atom is 0.0736 e. The number of benzene rings is 2. The van der Waals surface area contributed by atoms with Crippen molar-refractivity contribution in [1.29, 1.82) is 0 Å². The third kappa shape index (κ3) is 8.96. The molecule has 0 saturated carbocycles. The predicted octanol–water partition coefficient (Wildman–Crippen LogP) is 4.84. The first-order valence-electron chi connectivity index (χ1n) is 11.1. The highest BCUT2D eigenvalue weighted by atomic mass is 16.3. The summed E-state index contributed by atoms with van der Waals surface area (Å²) in [5.41, 5.74) is 1.87. The highest BCUT2D eigenvalue weighted by molar-refractivity contribution is 5.17. The molecule has 0 heterocycles. The lowest BCUT2D eigenvalue weighted by Crippen LogP contribution is -2.49. The zero-order chi connectivity index (χ0) is 24.3. The molecular weight excluding hydrogens is 420 g/mol.